The summed E-state index contributed by atoms with van der Waals surface area (Å²) in [5.74, 6) is 1.06. The molecular formula is C15H22O4. The molecule has 0 spiro atoms. The van der Waals surface area contributed by atoms with Gasteiger partial charge in [-0.25, -0.2) is 0 Å². The normalized spacial score (nSPS) is 10.5. The molecule has 0 aliphatic heterocycles. The van der Waals surface area contributed by atoms with E-state index in [0.29, 0.717) is 31.3 Å². The van der Waals surface area contributed by atoms with Gasteiger partial charge in [0.2, 0.25) is 0 Å². The number of aliphatic carboxylic acids is 1. The van der Waals surface area contributed by atoms with Gasteiger partial charge >= 0.3 is 5.97 Å². The zero-order chi connectivity index (χ0) is 14.3. The van der Waals surface area contributed by atoms with Gasteiger partial charge in [-0.05, 0) is 37.0 Å². The Hall–Kier alpha value is -1.71. The molecule has 1 rings (SSSR count). The van der Waals surface area contributed by atoms with Crippen LogP contribution in [0.5, 0.6) is 11.5 Å². The SMILES string of the molecule is CCOc1cc(CCC(=O)O)ccc1OCC(C)C. The molecule has 4 nitrogen and oxygen atoms in total. The summed E-state index contributed by atoms with van der Waals surface area (Å²) in [5.41, 5.74) is 0.947. The van der Waals surface area contributed by atoms with Gasteiger partial charge in [0.05, 0.1) is 13.2 Å². The molecule has 1 aromatic rings. The highest BCUT2D eigenvalue weighted by Gasteiger charge is 2.08. The van der Waals surface area contributed by atoms with Crippen LogP contribution in [-0.2, 0) is 11.2 Å². The summed E-state index contributed by atoms with van der Waals surface area (Å²) in [6, 6.07) is 5.60. The van der Waals surface area contributed by atoms with Crippen LogP contribution in [-0.4, -0.2) is 24.3 Å². The molecule has 0 saturated heterocycles. The van der Waals surface area contributed by atoms with Crippen molar-refractivity contribution in [2.24, 2.45) is 5.92 Å². The summed E-state index contributed by atoms with van der Waals surface area (Å²) in [5, 5.41) is 8.69. The molecule has 0 amide bonds. The number of carboxylic acid groups (broad SMARTS) is 1. The Bertz CT molecular complexity index is 413. The first-order valence-corrected chi connectivity index (χ1v) is 6.63. The predicted molar refractivity (Wildman–Crippen MR) is 73.9 cm³/mol. The van der Waals surface area contributed by atoms with E-state index >= 15 is 0 Å². The summed E-state index contributed by atoms with van der Waals surface area (Å²) in [7, 11) is 0. The lowest BCUT2D eigenvalue weighted by Gasteiger charge is -2.14. The Labute approximate surface area is 114 Å². The van der Waals surface area contributed by atoms with Crippen LogP contribution in [0.25, 0.3) is 0 Å². The number of carbonyl (C=O) groups is 1. The van der Waals surface area contributed by atoms with Crippen molar-refractivity contribution in [2.75, 3.05) is 13.2 Å². The number of aryl methyl sites for hydroxylation is 1. The van der Waals surface area contributed by atoms with E-state index in [2.05, 4.69) is 13.8 Å². The zero-order valence-electron chi connectivity index (χ0n) is 11.8. The van der Waals surface area contributed by atoms with Crippen LogP contribution in [0.2, 0.25) is 0 Å². The summed E-state index contributed by atoms with van der Waals surface area (Å²) in [4.78, 5) is 10.6. The molecular weight excluding hydrogens is 244 g/mol. The molecule has 106 valence electrons. The molecule has 0 atom stereocenters. The van der Waals surface area contributed by atoms with E-state index < -0.39 is 5.97 Å². The average Bonchev–Trinajstić information content (AvgIpc) is 2.35. The van der Waals surface area contributed by atoms with Gasteiger partial charge < -0.3 is 14.6 Å². The highest BCUT2D eigenvalue weighted by molar-refractivity contribution is 5.67. The number of rotatable bonds is 8. The fraction of sp³-hybridized carbons (Fsp3) is 0.533. The third-order valence-electron chi connectivity index (χ3n) is 2.51. The van der Waals surface area contributed by atoms with Crippen molar-refractivity contribution in [3.8, 4) is 11.5 Å². The first-order chi connectivity index (χ1) is 9.02. The molecule has 0 aromatic heterocycles. The Morgan fingerprint density at radius 3 is 2.58 bits per heavy atom. The van der Waals surface area contributed by atoms with Crippen molar-refractivity contribution in [1.29, 1.82) is 0 Å². The zero-order valence-corrected chi connectivity index (χ0v) is 11.8. The Balaban J connectivity index is 2.78. The van der Waals surface area contributed by atoms with E-state index in [4.69, 9.17) is 14.6 Å². The largest absolute Gasteiger partial charge is 0.490 e. The predicted octanol–water partition coefficient (Wildman–Crippen LogP) is 3.14. The third kappa shape index (κ3) is 5.64. The molecule has 0 bridgehead atoms. The number of hydrogen-bond acceptors (Lipinski definition) is 3. The third-order valence-corrected chi connectivity index (χ3v) is 2.51. The first-order valence-electron chi connectivity index (χ1n) is 6.63. The van der Waals surface area contributed by atoms with Crippen LogP contribution in [0.15, 0.2) is 18.2 Å². The van der Waals surface area contributed by atoms with Gasteiger partial charge in [0, 0.05) is 6.42 Å². The maximum Gasteiger partial charge on any atom is 0.303 e. The second-order valence-corrected chi connectivity index (χ2v) is 4.81. The highest BCUT2D eigenvalue weighted by atomic mass is 16.5. The second-order valence-electron chi connectivity index (χ2n) is 4.81. The van der Waals surface area contributed by atoms with E-state index in [-0.39, 0.29) is 6.42 Å². The molecule has 0 saturated carbocycles. The fourth-order valence-corrected chi connectivity index (χ4v) is 1.60. The smallest absolute Gasteiger partial charge is 0.303 e. The van der Waals surface area contributed by atoms with Gasteiger partial charge in [-0.3, -0.25) is 4.79 Å². The fourth-order valence-electron chi connectivity index (χ4n) is 1.60. The maximum absolute atomic E-state index is 10.6. The molecule has 0 aliphatic carbocycles. The lowest BCUT2D eigenvalue weighted by Crippen LogP contribution is -2.06. The lowest BCUT2D eigenvalue weighted by molar-refractivity contribution is -0.136. The van der Waals surface area contributed by atoms with E-state index in [1.54, 1.807) is 0 Å². The average molecular weight is 266 g/mol. The summed E-state index contributed by atoms with van der Waals surface area (Å²) in [6.07, 6.45) is 0.623. The Kier molecular flexibility index (Phi) is 6.19. The van der Waals surface area contributed by atoms with Crippen LogP contribution in [0.4, 0.5) is 0 Å². The van der Waals surface area contributed by atoms with E-state index in [0.717, 1.165) is 11.3 Å². The van der Waals surface area contributed by atoms with Gasteiger partial charge in [0.25, 0.3) is 0 Å². The van der Waals surface area contributed by atoms with Crippen LogP contribution in [0, 0.1) is 5.92 Å². The molecule has 0 aliphatic rings. The van der Waals surface area contributed by atoms with Gasteiger partial charge in [-0.2, -0.15) is 0 Å². The van der Waals surface area contributed by atoms with Crippen LogP contribution in [0.3, 0.4) is 0 Å². The highest BCUT2D eigenvalue weighted by Crippen LogP contribution is 2.29. The minimum atomic E-state index is -0.793. The molecule has 19 heavy (non-hydrogen) atoms. The van der Waals surface area contributed by atoms with Crippen LogP contribution >= 0.6 is 0 Å². The number of ether oxygens (including phenoxy) is 2. The molecule has 1 aromatic carbocycles. The molecule has 0 fully saturated rings. The van der Waals surface area contributed by atoms with Gasteiger partial charge in [0.15, 0.2) is 11.5 Å². The second kappa shape index (κ2) is 7.67. The minimum absolute atomic E-state index is 0.123. The molecule has 4 heteroatoms. The topological polar surface area (TPSA) is 55.8 Å². The van der Waals surface area contributed by atoms with Gasteiger partial charge in [0.1, 0.15) is 0 Å². The van der Waals surface area contributed by atoms with Crippen LogP contribution in [0.1, 0.15) is 32.8 Å². The minimum Gasteiger partial charge on any atom is -0.490 e. The van der Waals surface area contributed by atoms with Crippen LogP contribution < -0.4 is 9.47 Å². The van der Waals surface area contributed by atoms with E-state index in [1.807, 2.05) is 25.1 Å². The molecule has 0 unspecified atom stereocenters. The first kappa shape index (κ1) is 15.3. The summed E-state index contributed by atoms with van der Waals surface area (Å²) < 4.78 is 11.2. The quantitative estimate of drug-likeness (QED) is 0.785. The monoisotopic (exact) mass is 266 g/mol. The van der Waals surface area contributed by atoms with Crippen molar-refractivity contribution < 1.29 is 19.4 Å². The maximum atomic E-state index is 10.6. The molecule has 1 N–H and O–H groups in total. The number of benzene rings is 1. The van der Waals surface area contributed by atoms with Crippen molar-refractivity contribution in [3.63, 3.8) is 0 Å². The standard InChI is InChI=1S/C15H22O4/c1-4-18-14-9-12(6-8-15(16)17)5-7-13(14)19-10-11(2)3/h5,7,9,11H,4,6,8,10H2,1-3H3,(H,16,17). The summed E-state index contributed by atoms with van der Waals surface area (Å²) in [6.45, 7) is 7.27. The van der Waals surface area contributed by atoms with E-state index in [9.17, 15) is 4.79 Å². The van der Waals surface area contributed by atoms with Crippen molar-refractivity contribution in [2.45, 2.75) is 33.6 Å². The number of hydrogen-bond donors (Lipinski definition) is 1. The van der Waals surface area contributed by atoms with Crippen molar-refractivity contribution >= 4 is 5.97 Å². The van der Waals surface area contributed by atoms with Gasteiger partial charge in [-0.1, -0.05) is 19.9 Å². The summed E-state index contributed by atoms with van der Waals surface area (Å²) >= 11 is 0. The lowest BCUT2D eigenvalue weighted by atomic mass is 10.1. The molecule has 0 radical (unpaired) electrons. The van der Waals surface area contributed by atoms with Crippen molar-refractivity contribution in [1.82, 2.24) is 0 Å². The van der Waals surface area contributed by atoms with Crippen molar-refractivity contribution in [3.05, 3.63) is 23.8 Å². The van der Waals surface area contributed by atoms with E-state index in [1.165, 1.54) is 0 Å². The molecule has 0 heterocycles. The van der Waals surface area contributed by atoms with Gasteiger partial charge in [-0.15, -0.1) is 0 Å². The number of carboxylic acids is 1. The Morgan fingerprint density at radius 1 is 1.26 bits per heavy atom. The Morgan fingerprint density at radius 2 is 2.00 bits per heavy atom.